The summed E-state index contributed by atoms with van der Waals surface area (Å²) in [5, 5.41) is 0. The van der Waals surface area contributed by atoms with Gasteiger partial charge in [0.15, 0.2) is 0 Å². The van der Waals surface area contributed by atoms with E-state index in [0.29, 0.717) is 0 Å². The molecule has 0 heterocycles. The topological polar surface area (TPSA) is 52.3 Å². The largest absolute Gasteiger partial charge is 0.469 e. The average molecular weight is 286 g/mol. The SMILES string of the molecule is COC(=O)C(C)(C)C(N)c1ccc(Br)cc1. The Morgan fingerprint density at radius 3 is 2.31 bits per heavy atom. The molecule has 2 N–H and O–H groups in total. The quantitative estimate of drug-likeness (QED) is 0.869. The molecule has 0 radical (unpaired) electrons. The van der Waals surface area contributed by atoms with Gasteiger partial charge in [0.2, 0.25) is 0 Å². The molecule has 16 heavy (non-hydrogen) atoms. The van der Waals surface area contributed by atoms with Crippen molar-refractivity contribution in [2.75, 3.05) is 7.11 Å². The molecule has 0 amide bonds. The molecule has 1 atom stereocenters. The molecular formula is C12H16BrNO2. The van der Waals surface area contributed by atoms with E-state index in [1.807, 2.05) is 24.3 Å². The molecule has 4 heteroatoms. The number of hydrogen-bond acceptors (Lipinski definition) is 3. The first-order valence-corrected chi connectivity index (χ1v) is 5.78. The number of rotatable bonds is 3. The first-order valence-electron chi connectivity index (χ1n) is 4.99. The van der Waals surface area contributed by atoms with E-state index in [1.54, 1.807) is 13.8 Å². The molecule has 0 aliphatic rings. The minimum Gasteiger partial charge on any atom is -0.469 e. The van der Waals surface area contributed by atoms with Crippen molar-refractivity contribution < 1.29 is 9.53 Å². The zero-order chi connectivity index (χ0) is 12.3. The highest BCUT2D eigenvalue weighted by atomic mass is 79.9. The Labute approximate surface area is 104 Å². The highest BCUT2D eigenvalue weighted by Gasteiger charge is 2.36. The molecule has 3 nitrogen and oxygen atoms in total. The maximum absolute atomic E-state index is 11.6. The Morgan fingerprint density at radius 2 is 1.88 bits per heavy atom. The Hall–Kier alpha value is -0.870. The maximum Gasteiger partial charge on any atom is 0.313 e. The van der Waals surface area contributed by atoms with Gasteiger partial charge in [-0.15, -0.1) is 0 Å². The molecule has 1 aromatic carbocycles. The molecule has 1 aromatic rings. The molecule has 88 valence electrons. The van der Waals surface area contributed by atoms with Crippen LogP contribution in [-0.4, -0.2) is 13.1 Å². The van der Waals surface area contributed by atoms with Crippen LogP contribution in [-0.2, 0) is 9.53 Å². The van der Waals surface area contributed by atoms with E-state index in [-0.39, 0.29) is 12.0 Å². The van der Waals surface area contributed by atoms with Crippen LogP contribution in [0, 0.1) is 5.41 Å². The minimum absolute atomic E-state index is 0.303. The molecule has 0 spiro atoms. The Bertz CT molecular complexity index is 373. The average Bonchev–Trinajstić information content (AvgIpc) is 2.28. The minimum atomic E-state index is -0.734. The van der Waals surface area contributed by atoms with Crippen molar-refractivity contribution in [2.24, 2.45) is 11.1 Å². The Kier molecular flexibility index (Phi) is 4.10. The van der Waals surface area contributed by atoms with Gasteiger partial charge in [-0.2, -0.15) is 0 Å². The Morgan fingerprint density at radius 1 is 1.38 bits per heavy atom. The van der Waals surface area contributed by atoms with Crippen LogP contribution >= 0.6 is 15.9 Å². The van der Waals surface area contributed by atoms with E-state index in [0.717, 1.165) is 10.0 Å². The lowest BCUT2D eigenvalue weighted by molar-refractivity contribution is -0.152. The molecule has 1 rings (SSSR count). The predicted molar refractivity (Wildman–Crippen MR) is 66.9 cm³/mol. The molecule has 0 aliphatic carbocycles. The summed E-state index contributed by atoms with van der Waals surface area (Å²) in [4.78, 5) is 11.6. The smallest absolute Gasteiger partial charge is 0.313 e. The van der Waals surface area contributed by atoms with Gasteiger partial charge in [-0.25, -0.2) is 0 Å². The number of hydrogen-bond donors (Lipinski definition) is 1. The summed E-state index contributed by atoms with van der Waals surface area (Å²) in [6.07, 6.45) is 0. The fourth-order valence-corrected chi connectivity index (χ4v) is 1.74. The molecule has 0 bridgehead atoms. The monoisotopic (exact) mass is 285 g/mol. The standard InChI is InChI=1S/C12H16BrNO2/c1-12(2,11(15)16-3)10(14)8-4-6-9(13)7-5-8/h4-7,10H,14H2,1-3H3. The summed E-state index contributed by atoms with van der Waals surface area (Å²) >= 11 is 3.36. The number of nitrogens with two attached hydrogens (primary N) is 1. The summed E-state index contributed by atoms with van der Waals surface area (Å²) < 4.78 is 5.74. The second kappa shape index (κ2) is 4.97. The van der Waals surface area contributed by atoms with Gasteiger partial charge in [0.25, 0.3) is 0 Å². The third-order valence-electron chi connectivity index (χ3n) is 2.72. The van der Waals surface area contributed by atoms with Crippen LogP contribution in [0.5, 0.6) is 0 Å². The fraction of sp³-hybridized carbons (Fsp3) is 0.417. The molecule has 0 saturated heterocycles. The van der Waals surface area contributed by atoms with Crippen LogP contribution < -0.4 is 5.73 Å². The summed E-state index contributed by atoms with van der Waals surface area (Å²) in [7, 11) is 1.37. The van der Waals surface area contributed by atoms with Gasteiger partial charge in [0, 0.05) is 10.5 Å². The normalized spacial score (nSPS) is 13.3. The number of halogens is 1. The van der Waals surface area contributed by atoms with E-state index in [1.165, 1.54) is 7.11 Å². The molecule has 0 saturated carbocycles. The first-order chi connectivity index (χ1) is 7.39. The fourth-order valence-electron chi connectivity index (χ4n) is 1.48. The van der Waals surface area contributed by atoms with Gasteiger partial charge >= 0.3 is 5.97 Å². The summed E-state index contributed by atoms with van der Waals surface area (Å²) in [6.45, 7) is 3.57. The van der Waals surface area contributed by atoms with Crippen molar-refractivity contribution in [1.82, 2.24) is 0 Å². The van der Waals surface area contributed by atoms with Gasteiger partial charge in [-0.05, 0) is 31.5 Å². The van der Waals surface area contributed by atoms with E-state index in [9.17, 15) is 4.79 Å². The van der Waals surface area contributed by atoms with E-state index < -0.39 is 5.41 Å². The number of ether oxygens (including phenoxy) is 1. The van der Waals surface area contributed by atoms with Crippen LogP contribution in [0.2, 0.25) is 0 Å². The van der Waals surface area contributed by atoms with Crippen molar-refractivity contribution in [3.63, 3.8) is 0 Å². The van der Waals surface area contributed by atoms with Gasteiger partial charge < -0.3 is 10.5 Å². The van der Waals surface area contributed by atoms with Crippen molar-refractivity contribution in [3.05, 3.63) is 34.3 Å². The lowest BCUT2D eigenvalue weighted by Gasteiger charge is -2.28. The van der Waals surface area contributed by atoms with Crippen LogP contribution in [0.3, 0.4) is 0 Å². The van der Waals surface area contributed by atoms with Gasteiger partial charge in [-0.3, -0.25) is 4.79 Å². The number of esters is 1. The van der Waals surface area contributed by atoms with Crippen molar-refractivity contribution in [1.29, 1.82) is 0 Å². The third kappa shape index (κ3) is 2.62. The number of carbonyl (C=O) groups excluding carboxylic acids is 1. The highest BCUT2D eigenvalue weighted by Crippen LogP contribution is 2.32. The molecule has 0 aromatic heterocycles. The Balaban J connectivity index is 2.97. The number of methoxy groups -OCH3 is 1. The van der Waals surface area contributed by atoms with Gasteiger partial charge in [0.05, 0.1) is 12.5 Å². The molecule has 0 aliphatic heterocycles. The maximum atomic E-state index is 11.6. The molecular weight excluding hydrogens is 270 g/mol. The molecule has 1 unspecified atom stereocenters. The lowest BCUT2D eigenvalue weighted by atomic mass is 9.81. The summed E-state index contributed by atoms with van der Waals surface area (Å²) in [5.74, 6) is -0.303. The number of benzene rings is 1. The van der Waals surface area contributed by atoms with Gasteiger partial charge in [0.1, 0.15) is 0 Å². The lowest BCUT2D eigenvalue weighted by Crippen LogP contribution is -2.37. The highest BCUT2D eigenvalue weighted by molar-refractivity contribution is 9.10. The van der Waals surface area contributed by atoms with Crippen molar-refractivity contribution >= 4 is 21.9 Å². The third-order valence-corrected chi connectivity index (χ3v) is 3.25. The van der Waals surface area contributed by atoms with Crippen LogP contribution in [0.15, 0.2) is 28.7 Å². The van der Waals surface area contributed by atoms with Crippen LogP contribution in [0.4, 0.5) is 0 Å². The second-order valence-corrected chi connectivity index (χ2v) is 5.16. The van der Waals surface area contributed by atoms with E-state index in [2.05, 4.69) is 15.9 Å². The molecule has 0 fully saturated rings. The second-order valence-electron chi connectivity index (χ2n) is 4.24. The van der Waals surface area contributed by atoms with E-state index >= 15 is 0 Å². The van der Waals surface area contributed by atoms with E-state index in [4.69, 9.17) is 10.5 Å². The first kappa shape index (κ1) is 13.2. The zero-order valence-electron chi connectivity index (χ0n) is 9.66. The number of carbonyl (C=O) groups is 1. The predicted octanol–water partition coefficient (Wildman–Crippen LogP) is 2.65. The van der Waals surface area contributed by atoms with Gasteiger partial charge in [-0.1, -0.05) is 28.1 Å². The zero-order valence-corrected chi connectivity index (χ0v) is 11.2. The van der Waals surface area contributed by atoms with Crippen molar-refractivity contribution in [3.8, 4) is 0 Å². The van der Waals surface area contributed by atoms with Crippen molar-refractivity contribution in [2.45, 2.75) is 19.9 Å². The van der Waals surface area contributed by atoms with Crippen LogP contribution in [0.25, 0.3) is 0 Å². The summed E-state index contributed by atoms with van der Waals surface area (Å²) in [6, 6.07) is 7.23. The van der Waals surface area contributed by atoms with Crippen LogP contribution in [0.1, 0.15) is 25.5 Å². The summed E-state index contributed by atoms with van der Waals surface area (Å²) in [5.41, 5.74) is 6.27.